The molecule has 3 nitrogen and oxygen atoms in total. The smallest absolute Gasteiger partial charge is 0.205 e. The second kappa shape index (κ2) is 4.88. The summed E-state index contributed by atoms with van der Waals surface area (Å²) in [5.41, 5.74) is 2.64. The van der Waals surface area contributed by atoms with Gasteiger partial charge in [-0.2, -0.15) is 0 Å². The van der Waals surface area contributed by atoms with Gasteiger partial charge < -0.3 is 5.32 Å². The van der Waals surface area contributed by atoms with Crippen molar-refractivity contribution < 1.29 is 4.39 Å². The second-order valence-corrected chi connectivity index (χ2v) is 4.96. The van der Waals surface area contributed by atoms with Crippen molar-refractivity contribution in [1.82, 2.24) is 10.2 Å². The Morgan fingerprint density at radius 1 is 1.50 bits per heavy atom. The molecule has 0 spiro atoms. The van der Waals surface area contributed by atoms with Gasteiger partial charge in [0.25, 0.3) is 0 Å². The molecule has 16 heavy (non-hydrogen) atoms. The number of anilines is 1. The van der Waals surface area contributed by atoms with E-state index in [9.17, 15) is 4.39 Å². The minimum absolute atomic E-state index is 0.0444. The highest BCUT2D eigenvalue weighted by Crippen LogP contribution is 2.27. The lowest BCUT2D eigenvalue weighted by atomic mass is 10.1. The number of halogens is 2. The Balaban J connectivity index is 2.17. The van der Waals surface area contributed by atoms with Crippen molar-refractivity contribution in [2.24, 2.45) is 0 Å². The topological polar surface area (TPSA) is 37.8 Å². The number of nitrogens with one attached hydrogen (secondary N) is 1. The van der Waals surface area contributed by atoms with E-state index in [1.807, 2.05) is 6.92 Å². The highest BCUT2D eigenvalue weighted by atomic mass is 79.9. The van der Waals surface area contributed by atoms with E-state index in [2.05, 4.69) is 31.4 Å². The van der Waals surface area contributed by atoms with Crippen molar-refractivity contribution in [2.45, 2.75) is 13.0 Å². The van der Waals surface area contributed by atoms with Gasteiger partial charge in [-0.3, -0.25) is 0 Å². The lowest BCUT2D eigenvalue weighted by Crippen LogP contribution is -2.07. The lowest BCUT2D eigenvalue weighted by Gasteiger charge is -2.14. The summed E-state index contributed by atoms with van der Waals surface area (Å²) in [5.74, 6) is -0.251. The quantitative estimate of drug-likeness (QED) is 0.941. The van der Waals surface area contributed by atoms with E-state index in [0.717, 1.165) is 15.2 Å². The van der Waals surface area contributed by atoms with Crippen molar-refractivity contribution in [2.75, 3.05) is 5.32 Å². The van der Waals surface area contributed by atoms with Crippen LogP contribution in [-0.2, 0) is 0 Å². The van der Waals surface area contributed by atoms with Crippen LogP contribution in [0.3, 0.4) is 0 Å². The SMILES string of the molecule is CC(Nc1nncs1)c1ccc(F)cc1Br. The maximum Gasteiger partial charge on any atom is 0.205 e. The molecule has 0 aliphatic rings. The molecule has 2 rings (SSSR count). The number of rotatable bonds is 3. The highest BCUT2D eigenvalue weighted by Gasteiger charge is 2.11. The predicted octanol–water partition coefficient (Wildman–Crippen LogP) is 3.61. The van der Waals surface area contributed by atoms with E-state index in [0.29, 0.717) is 0 Å². The van der Waals surface area contributed by atoms with E-state index in [-0.39, 0.29) is 11.9 Å². The molecular weight excluding hydrogens is 293 g/mol. The van der Waals surface area contributed by atoms with E-state index in [1.165, 1.54) is 23.5 Å². The summed E-state index contributed by atoms with van der Waals surface area (Å²) in [6.45, 7) is 1.99. The van der Waals surface area contributed by atoms with Gasteiger partial charge in [-0.25, -0.2) is 4.39 Å². The summed E-state index contributed by atoms with van der Waals surface area (Å²) in [7, 11) is 0. The molecule has 0 radical (unpaired) electrons. The molecule has 1 heterocycles. The van der Waals surface area contributed by atoms with Crippen LogP contribution in [0.1, 0.15) is 18.5 Å². The zero-order valence-electron chi connectivity index (χ0n) is 8.45. The third-order valence-corrected chi connectivity index (χ3v) is 3.44. The Bertz CT molecular complexity index is 475. The normalized spacial score (nSPS) is 12.4. The van der Waals surface area contributed by atoms with Crippen molar-refractivity contribution in [1.29, 1.82) is 0 Å². The van der Waals surface area contributed by atoms with Gasteiger partial charge in [0.2, 0.25) is 5.13 Å². The molecule has 6 heteroatoms. The molecule has 0 aliphatic heterocycles. The minimum Gasteiger partial charge on any atom is -0.354 e. The predicted molar refractivity (Wildman–Crippen MR) is 66.0 cm³/mol. The zero-order chi connectivity index (χ0) is 11.5. The Hall–Kier alpha value is -1.01. The fourth-order valence-electron chi connectivity index (χ4n) is 1.35. The van der Waals surface area contributed by atoms with Gasteiger partial charge in [0.05, 0.1) is 6.04 Å². The molecule has 0 aliphatic carbocycles. The molecule has 1 atom stereocenters. The molecule has 0 saturated carbocycles. The van der Waals surface area contributed by atoms with E-state index in [4.69, 9.17) is 0 Å². The summed E-state index contributed by atoms with van der Waals surface area (Å²) >= 11 is 4.77. The maximum absolute atomic E-state index is 12.9. The van der Waals surface area contributed by atoms with Crippen molar-refractivity contribution >= 4 is 32.4 Å². The first-order valence-corrected chi connectivity index (χ1v) is 6.31. The first kappa shape index (κ1) is 11.5. The van der Waals surface area contributed by atoms with Crippen LogP contribution in [0.2, 0.25) is 0 Å². The van der Waals surface area contributed by atoms with E-state index < -0.39 is 0 Å². The van der Waals surface area contributed by atoms with Gasteiger partial charge in [0.15, 0.2) is 0 Å². The number of aromatic nitrogens is 2. The van der Waals surface area contributed by atoms with Crippen LogP contribution in [0.15, 0.2) is 28.2 Å². The van der Waals surface area contributed by atoms with Gasteiger partial charge in [-0.1, -0.05) is 33.3 Å². The van der Waals surface area contributed by atoms with Gasteiger partial charge in [0.1, 0.15) is 11.3 Å². The molecule has 2 aromatic rings. The largest absolute Gasteiger partial charge is 0.354 e. The van der Waals surface area contributed by atoms with Crippen molar-refractivity contribution in [3.63, 3.8) is 0 Å². The van der Waals surface area contributed by atoms with Gasteiger partial charge in [0, 0.05) is 4.47 Å². The summed E-state index contributed by atoms with van der Waals surface area (Å²) in [6, 6.07) is 4.69. The highest BCUT2D eigenvalue weighted by molar-refractivity contribution is 9.10. The maximum atomic E-state index is 12.9. The minimum atomic E-state index is -0.251. The Morgan fingerprint density at radius 2 is 2.31 bits per heavy atom. The average Bonchev–Trinajstić information content (AvgIpc) is 2.70. The molecule has 1 aromatic carbocycles. The third-order valence-electron chi connectivity index (χ3n) is 2.13. The lowest BCUT2D eigenvalue weighted by molar-refractivity contribution is 0.625. The summed E-state index contributed by atoms with van der Waals surface area (Å²) in [6.07, 6.45) is 0. The molecule has 0 amide bonds. The summed E-state index contributed by atoms with van der Waals surface area (Å²) < 4.78 is 13.7. The van der Waals surface area contributed by atoms with Crippen LogP contribution in [0.5, 0.6) is 0 Å². The molecule has 0 fully saturated rings. The van der Waals surface area contributed by atoms with Gasteiger partial charge in [-0.15, -0.1) is 10.2 Å². The first-order chi connectivity index (χ1) is 7.66. The Kier molecular flexibility index (Phi) is 3.50. The Labute approximate surface area is 105 Å². The van der Waals surface area contributed by atoms with E-state index >= 15 is 0 Å². The van der Waals surface area contributed by atoms with Crippen LogP contribution >= 0.6 is 27.3 Å². The number of nitrogens with zero attached hydrogens (tertiary/aromatic N) is 2. The fourth-order valence-corrected chi connectivity index (χ4v) is 2.58. The van der Waals surface area contributed by atoms with E-state index in [1.54, 1.807) is 11.6 Å². The van der Waals surface area contributed by atoms with Crippen LogP contribution in [0.25, 0.3) is 0 Å². The molecule has 84 valence electrons. The van der Waals surface area contributed by atoms with Crippen LogP contribution in [0.4, 0.5) is 9.52 Å². The van der Waals surface area contributed by atoms with Crippen molar-refractivity contribution in [3.05, 3.63) is 39.6 Å². The standard InChI is InChI=1S/C10H9BrFN3S/c1-6(14-10-15-13-5-16-10)8-3-2-7(12)4-9(8)11/h2-6H,1H3,(H,14,15). The zero-order valence-corrected chi connectivity index (χ0v) is 10.8. The monoisotopic (exact) mass is 301 g/mol. The molecular formula is C10H9BrFN3S. The van der Waals surface area contributed by atoms with Gasteiger partial charge >= 0.3 is 0 Å². The Morgan fingerprint density at radius 3 is 2.94 bits per heavy atom. The number of hydrogen-bond donors (Lipinski definition) is 1. The molecule has 1 unspecified atom stereocenters. The fraction of sp³-hybridized carbons (Fsp3) is 0.200. The molecule has 1 N–H and O–H groups in total. The van der Waals surface area contributed by atoms with Crippen molar-refractivity contribution in [3.8, 4) is 0 Å². The number of benzene rings is 1. The first-order valence-electron chi connectivity index (χ1n) is 4.64. The van der Waals surface area contributed by atoms with Gasteiger partial charge in [-0.05, 0) is 24.6 Å². The molecule has 0 saturated heterocycles. The number of hydrogen-bond acceptors (Lipinski definition) is 4. The van der Waals surface area contributed by atoms with Crippen LogP contribution in [-0.4, -0.2) is 10.2 Å². The van der Waals surface area contributed by atoms with Crippen LogP contribution in [0, 0.1) is 5.82 Å². The van der Waals surface area contributed by atoms with Crippen LogP contribution < -0.4 is 5.32 Å². The summed E-state index contributed by atoms with van der Waals surface area (Å²) in [4.78, 5) is 0. The molecule has 0 bridgehead atoms. The second-order valence-electron chi connectivity index (χ2n) is 3.28. The molecule has 1 aromatic heterocycles. The third kappa shape index (κ3) is 2.56. The average molecular weight is 302 g/mol. The summed E-state index contributed by atoms with van der Waals surface area (Å²) in [5, 5.41) is 11.6.